The first-order valence-corrected chi connectivity index (χ1v) is 10.4. The van der Waals surface area contributed by atoms with Crippen molar-refractivity contribution in [3.05, 3.63) is 70.7 Å². The average Bonchev–Trinajstić information content (AvgIpc) is 2.72. The summed E-state index contributed by atoms with van der Waals surface area (Å²) in [6.07, 6.45) is 2.41. The summed E-state index contributed by atoms with van der Waals surface area (Å²) in [6.45, 7) is 4.90. The van der Waals surface area contributed by atoms with Crippen molar-refractivity contribution < 1.29 is 14.3 Å². The second-order valence-corrected chi connectivity index (χ2v) is 7.51. The number of rotatable bonds is 8. The lowest BCUT2D eigenvalue weighted by molar-refractivity contribution is -0.143. The molecule has 0 radical (unpaired) electrons. The Morgan fingerprint density at radius 2 is 1.79 bits per heavy atom. The lowest BCUT2D eigenvalue weighted by Gasteiger charge is -2.34. The fourth-order valence-corrected chi connectivity index (χ4v) is 3.79. The molecule has 29 heavy (non-hydrogen) atoms. The molecular weight excluding hydrogens is 409 g/mol. The standard InChI is InChI=1S/C23H28ClNO3.ClH/c1-2-27-22(26)13-16-25-14-11-21(12-15-25)28-23(18-7-4-3-5-8-18)19-9-6-10-20(24)17-19;/h3-10,17,21,23H,2,11-16H2,1H3;1H. The molecule has 1 aliphatic heterocycles. The molecule has 1 aliphatic rings. The maximum absolute atomic E-state index is 11.6. The van der Waals surface area contributed by atoms with Gasteiger partial charge >= 0.3 is 5.97 Å². The Bertz CT molecular complexity index is 749. The summed E-state index contributed by atoms with van der Waals surface area (Å²) in [5, 5.41) is 0.718. The largest absolute Gasteiger partial charge is 0.466 e. The molecule has 1 saturated heterocycles. The summed E-state index contributed by atoms with van der Waals surface area (Å²) in [5.74, 6) is -0.119. The Hall–Kier alpha value is -1.59. The number of likely N-dealkylation sites (tertiary alicyclic amines) is 1. The summed E-state index contributed by atoms with van der Waals surface area (Å²) in [7, 11) is 0. The molecule has 0 amide bonds. The van der Waals surface area contributed by atoms with Crippen LogP contribution in [0.4, 0.5) is 0 Å². The van der Waals surface area contributed by atoms with E-state index in [4.69, 9.17) is 21.1 Å². The zero-order valence-corrected chi connectivity index (χ0v) is 18.3. The summed E-state index contributed by atoms with van der Waals surface area (Å²) in [6, 6.07) is 18.2. The van der Waals surface area contributed by atoms with Crippen LogP contribution in [-0.4, -0.2) is 43.2 Å². The van der Waals surface area contributed by atoms with Crippen LogP contribution in [0.1, 0.15) is 43.4 Å². The number of ether oxygens (including phenoxy) is 2. The second kappa shape index (κ2) is 12.2. The molecule has 3 rings (SSSR count). The number of piperidine rings is 1. The summed E-state index contributed by atoms with van der Waals surface area (Å²) in [4.78, 5) is 13.9. The summed E-state index contributed by atoms with van der Waals surface area (Å²) in [5.41, 5.74) is 2.21. The van der Waals surface area contributed by atoms with Crippen LogP contribution in [-0.2, 0) is 14.3 Å². The minimum absolute atomic E-state index is 0. The van der Waals surface area contributed by atoms with E-state index in [9.17, 15) is 4.79 Å². The van der Waals surface area contributed by atoms with Crippen LogP contribution < -0.4 is 0 Å². The van der Waals surface area contributed by atoms with E-state index in [-0.39, 0.29) is 30.6 Å². The van der Waals surface area contributed by atoms with Gasteiger partial charge in [0, 0.05) is 24.7 Å². The van der Waals surface area contributed by atoms with E-state index in [1.807, 2.05) is 43.3 Å². The van der Waals surface area contributed by atoms with Crippen LogP contribution >= 0.6 is 24.0 Å². The predicted molar refractivity (Wildman–Crippen MR) is 119 cm³/mol. The van der Waals surface area contributed by atoms with Crippen molar-refractivity contribution in [1.82, 2.24) is 4.90 Å². The number of carbonyl (C=O) groups excluding carboxylic acids is 1. The van der Waals surface area contributed by atoms with E-state index in [2.05, 4.69) is 23.1 Å². The number of nitrogens with zero attached hydrogens (tertiary/aromatic N) is 1. The quantitative estimate of drug-likeness (QED) is 0.526. The van der Waals surface area contributed by atoms with Crippen LogP contribution in [0.3, 0.4) is 0 Å². The van der Waals surface area contributed by atoms with Gasteiger partial charge < -0.3 is 14.4 Å². The molecule has 2 aromatic rings. The Balaban J connectivity index is 0.00000300. The highest BCUT2D eigenvalue weighted by Gasteiger charge is 2.25. The minimum atomic E-state index is -0.129. The van der Waals surface area contributed by atoms with Crippen molar-refractivity contribution >= 4 is 30.0 Å². The number of esters is 1. The fourth-order valence-electron chi connectivity index (χ4n) is 3.59. The molecule has 2 aromatic carbocycles. The van der Waals surface area contributed by atoms with Crippen molar-refractivity contribution in [3.63, 3.8) is 0 Å². The summed E-state index contributed by atoms with van der Waals surface area (Å²) >= 11 is 6.22. The SMILES string of the molecule is CCOC(=O)CCN1CCC(OC(c2ccccc2)c2cccc(Cl)c2)CC1.Cl. The highest BCUT2D eigenvalue weighted by atomic mass is 35.5. The maximum Gasteiger partial charge on any atom is 0.307 e. The molecule has 4 nitrogen and oxygen atoms in total. The van der Waals surface area contributed by atoms with Gasteiger partial charge in [-0.15, -0.1) is 12.4 Å². The molecule has 0 spiro atoms. The van der Waals surface area contributed by atoms with Crippen LogP contribution in [0.15, 0.2) is 54.6 Å². The average molecular weight is 438 g/mol. The molecule has 0 aliphatic carbocycles. The maximum atomic E-state index is 11.6. The van der Waals surface area contributed by atoms with Gasteiger partial charge in [0.2, 0.25) is 0 Å². The number of carbonyl (C=O) groups is 1. The van der Waals surface area contributed by atoms with Gasteiger partial charge in [-0.3, -0.25) is 4.79 Å². The zero-order valence-electron chi connectivity index (χ0n) is 16.8. The highest BCUT2D eigenvalue weighted by Crippen LogP contribution is 2.31. The molecule has 0 saturated carbocycles. The molecule has 0 N–H and O–H groups in total. The second-order valence-electron chi connectivity index (χ2n) is 7.08. The molecule has 1 heterocycles. The fraction of sp³-hybridized carbons (Fsp3) is 0.435. The molecule has 1 atom stereocenters. The number of halogens is 2. The van der Waals surface area contributed by atoms with Crippen LogP contribution in [0.25, 0.3) is 0 Å². The van der Waals surface area contributed by atoms with Gasteiger partial charge in [-0.1, -0.05) is 54.1 Å². The summed E-state index contributed by atoms with van der Waals surface area (Å²) < 4.78 is 11.6. The number of hydrogen-bond donors (Lipinski definition) is 0. The van der Waals surface area contributed by atoms with Crippen molar-refractivity contribution in [2.45, 2.75) is 38.4 Å². The Labute approximate surface area is 184 Å². The first kappa shape index (κ1) is 23.7. The smallest absolute Gasteiger partial charge is 0.307 e. The number of benzene rings is 2. The molecule has 0 bridgehead atoms. The van der Waals surface area contributed by atoms with Gasteiger partial charge in [0.1, 0.15) is 6.10 Å². The molecule has 0 aromatic heterocycles. The van der Waals surface area contributed by atoms with Gasteiger partial charge in [-0.2, -0.15) is 0 Å². The first-order valence-electron chi connectivity index (χ1n) is 9.99. The molecule has 158 valence electrons. The Kier molecular flexibility index (Phi) is 9.95. The van der Waals surface area contributed by atoms with Crippen molar-refractivity contribution in [2.24, 2.45) is 0 Å². The third-order valence-corrected chi connectivity index (χ3v) is 5.29. The van der Waals surface area contributed by atoms with E-state index in [1.165, 1.54) is 0 Å². The van der Waals surface area contributed by atoms with Gasteiger partial charge in [0.15, 0.2) is 0 Å². The van der Waals surface area contributed by atoms with Crippen molar-refractivity contribution in [1.29, 1.82) is 0 Å². The van der Waals surface area contributed by atoms with E-state index in [1.54, 1.807) is 0 Å². The van der Waals surface area contributed by atoms with Gasteiger partial charge in [-0.05, 0) is 43.0 Å². The topological polar surface area (TPSA) is 38.8 Å². The van der Waals surface area contributed by atoms with Gasteiger partial charge in [-0.25, -0.2) is 0 Å². The highest BCUT2D eigenvalue weighted by molar-refractivity contribution is 6.30. The normalized spacial score (nSPS) is 16.1. The molecular formula is C23H29Cl2NO3. The third kappa shape index (κ3) is 7.31. The monoisotopic (exact) mass is 437 g/mol. The van der Waals surface area contributed by atoms with Crippen molar-refractivity contribution in [3.8, 4) is 0 Å². The van der Waals surface area contributed by atoms with Crippen LogP contribution in [0.2, 0.25) is 5.02 Å². The van der Waals surface area contributed by atoms with E-state index in [0.29, 0.717) is 13.0 Å². The van der Waals surface area contributed by atoms with E-state index >= 15 is 0 Å². The molecule has 1 fully saturated rings. The Morgan fingerprint density at radius 3 is 2.45 bits per heavy atom. The lowest BCUT2D eigenvalue weighted by Crippen LogP contribution is -2.38. The van der Waals surface area contributed by atoms with Gasteiger partial charge in [0.05, 0.1) is 19.1 Å². The Morgan fingerprint density at radius 1 is 1.10 bits per heavy atom. The first-order chi connectivity index (χ1) is 13.7. The van der Waals surface area contributed by atoms with E-state index in [0.717, 1.165) is 48.6 Å². The predicted octanol–water partition coefficient (Wildman–Crippen LogP) is 5.29. The number of hydrogen-bond acceptors (Lipinski definition) is 4. The lowest BCUT2D eigenvalue weighted by atomic mass is 10.00. The van der Waals surface area contributed by atoms with Gasteiger partial charge in [0.25, 0.3) is 0 Å². The van der Waals surface area contributed by atoms with E-state index < -0.39 is 0 Å². The molecule has 6 heteroatoms. The van der Waals surface area contributed by atoms with Crippen molar-refractivity contribution in [2.75, 3.05) is 26.2 Å². The molecule has 1 unspecified atom stereocenters. The minimum Gasteiger partial charge on any atom is -0.466 e. The van der Waals surface area contributed by atoms with Crippen LogP contribution in [0.5, 0.6) is 0 Å². The zero-order chi connectivity index (χ0) is 19.8. The van der Waals surface area contributed by atoms with Crippen LogP contribution in [0, 0.1) is 0 Å². The third-order valence-electron chi connectivity index (χ3n) is 5.05.